The molecule has 4 heteroatoms. The van der Waals surface area contributed by atoms with Crippen molar-refractivity contribution in [2.24, 2.45) is 0 Å². The number of nitrogens with one attached hydrogen (secondary N) is 1. The summed E-state index contributed by atoms with van der Waals surface area (Å²) in [6.07, 6.45) is 0. The molecule has 16 heavy (non-hydrogen) atoms. The zero-order valence-corrected chi connectivity index (χ0v) is 9.11. The summed E-state index contributed by atoms with van der Waals surface area (Å²) in [5.74, 6) is 1.49. The standard InChI is InChI=1S/C12H11N3O/c1-8-14-11(7-13)12(15-8)9-4-3-5-10(6-9)16-2/h3-6H,1-2H3,(H,14,15). The molecule has 0 bridgehead atoms. The Morgan fingerprint density at radius 2 is 2.25 bits per heavy atom. The number of ether oxygens (including phenoxy) is 1. The fourth-order valence-corrected chi connectivity index (χ4v) is 1.56. The molecule has 2 rings (SSSR count). The van der Waals surface area contributed by atoms with Crippen LogP contribution >= 0.6 is 0 Å². The van der Waals surface area contributed by atoms with Gasteiger partial charge in [0, 0.05) is 5.56 Å². The topological polar surface area (TPSA) is 61.7 Å². The lowest BCUT2D eigenvalue weighted by Gasteiger charge is -2.02. The molecule has 1 aromatic carbocycles. The van der Waals surface area contributed by atoms with Crippen LogP contribution < -0.4 is 4.74 Å². The highest BCUT2D eigenvalue weighted by molar-refractivity contribution is 5.66. The number of hydrogen-bond acceptors (Lipinski definition) is 3. The van der Waals surface area contributed by atoms with Gasteiger partial charge in [0.15, 0.2) is 5.69 Å². The SMILES string of the molecule is COc1cccc(-c2[nH]c(C)nc2C#N)c1. The summed E-state index contributed by atoms with van der Waals surface area (Å²) in [6.45, 7) is 1.82. The van der Waals surface area contributed by atoms with Crippen molar-refractivity contribution in [1.82, 2.24) is 9.97 Å². The maximum absolute atomic E-state index is 8.96. The lowest BCUT2D eigenvalue weighted by Crippen LogP contribution is -1.86. The predicted octanol–water partition coefficient (Wildman–Crippen LogP) is 2.27. The Morgan fingerprint density at radius 3 is 2.94 bits per heavy atom. The lowest BCUT2D eigenvalue weighted by atomic mass is 10.1. The van der Waals surface area contributed by atoms with Gasteiger partial charge in [0.25, 0.3) is 0 Å². The number of methoxy groups -OCH3 is 1. The Bertz CT molecular complexity index is 552. The molecule has 0 saturated heterocycles. The highest BCUT2D eigenvalue weighted by atomic mass is 16.5. The fraction of sp³-hybridized carbons (Fsp3) is 0.167. The lowest BCUT2D eigenvalue weighted by molar-refractivity contribution is 0.415. The van der Waals surface area contributed by atoms with Gasteiger partial charge in [-0.3, -0.25) is 0 Å². The van der Waals surface area contributed by atoms with Gasteiger partial charge in [0.1, 0.15) is 17.6 Å². The van der Waals surface area contributed by atoms with Crippen molar-refractivity contribution in [3.8, 4) is 23.1 Å². The summed E-state index contributed by atoms with van der Waals surface area (Å²) in [5.41, 5.74) is 2.04. The average Bonchev–Trinajstić information content (AvgIpc) is 2.70. The number of nitriles is 1. The van der Waals surface area contributed by atoms with Crippen LogP contribution in [-0.4, -0.2) is 17.1 Å². The molecule has 4 nitrogen and oxygen atoms in total. The first-order chi connectivity index (χ1) is 7.74. The third kappa shape index (κ3) is 1.75. The second-order valence-corrected chi connectivity index (χ2v) is 3.39. The number of imidazole rings is 1. The van der Waals surface area contributed by atoms with Gasteiger partial charge in [-0.2, -0.15) is 5.26 Å². The van der Waals surface area contributed by atoms with Crippen molar-refractivity contribution in [3.63, 3.8) is 0 Å². The summed E-state index contributed by atoms with van der Waals surface area (Å²) in [4.78, 5) is 7.18. The van der Waals surface area contributed by atoms with Crippen LogP contribution in [0.15, 0.2) is 24.3 Å². The normalized spacial score (nSPS) is 9.81. The number of benzene rings is 1. The first-order valence-corrected chi connectivity index (χ1v) is 4.85. The molecule has 0 fully saturated rings. The van der Waals surface area contributed by atoms with E-state index in [0.29, 0.717) is 5.69 Å². The van der Waals surface area contributed by atoms with Gasteiger partial charge in [-0.15, -0.1) is 0 Å². The first kappa shape index (κ1) is 10.2. The molecule has 1 heterocycles. The number of rotatable bonds is 2. The van der Waals surface area contributed by atoms with Crippen LogP contribution in [0.5, 0.6) is 5.75 Å². The molecule has 1 N–H and O–H groups in total. The molecule has 0 atom stereocenters. The van der Waals surface area contributed by atoms with Crippen molar-refractivity contribution in [3.05, 3.63) is 35.8 Å². The molecule has 0 unspecified atom stereocenters. The number of aryl methyl sites for hydroxylation is 1. The summed E-state index contributed by atoms with van der Waals surface area (Å²) < 4.78 is 5.14. The minimum absolute atomic E-state index is 0.408. The van der Waals surface area contributed by atoms with E-state index in [1.807, 2.05) is 31.2 Å². The van der Waals surface area contributed by atoms with E-state index in [4.69, 9.17) is 10.00 Å². The van der Waals surface area contributed by atoms with Crippen LogP contribution in [0.1, 0.15) is 11.5 Å². The van der Waals surface area contributed by atoms with Gasteiger partial charge >= 0.3 is 0 Å². The molecule has 0 saturated carbocycles. The number of aromatic amines is 1. The summed E-state index contributed by atoms with van der Waals surface area (Å²) in [6, 6.07) is 9.59. The number of H-pyrrole nitrogens is 1. The molecule has 0 radical (unpaired) electrons. The van der Waals surface area contributed by atoms with Crippen molar-refractivity contribution in [2.75, 3.05) is 7.11 Å². The highest BCUT2D eigenvalue weighted by Gasteiger charge is 2.10. The first-order valence-electron chi connectivity index (χ1n) is 4.85. The van der Waals surface area contributed by atoms with E-state index in [-0.39, 0.29) is 0 Å². The molecule has 1 aromatic heterocycles. The minimum atomic E-state index is 0.408. The molecule has 0 aliphatic rings. The summed E-state index contributed by atoms with van der Waals surface area (Å²) >= 11 is 0. The van der Waals surface area contributed by atoms with Crippen LogP contribution in [0, 0.1) is 18.3 Å². The van der Waals surface area contributed by atoms with Gasteiger partial charge < -0.3 is 9.72 Å². The van der Waals surface area contributed by atoms with Gasteiger partial charge in [0.05, 0.1) is 12.8 Å². The number of hydrogen-bond donors (Lipinski definition) is 1. The second kappa shape index (κ2) is 4.07. The van der Waals surface area contributed by atoms with Crippen molar-refractivity contribution < 1.29 is 4.74 Å². The number of nitrogens with zero attached hydrogens (tertiary/aromatic N) is 2. The molecule has 0 amide bonds. The van der Waals surface area contributed by atoms with Gasteiger partial charge in [0.2, 0.25) is 0 Å². The molecule has 2 aromatic rings. The van der Waals surface area contributed by atoms with Crippen LogP contribution in [0.4, 0.5) is 0 Å². The van der Waals surface area contributed by atoms with Crippen molar-refractivity contribution in [1.29, 1.82) is 5.26 Å². The van der Waals surface area contributed by atoms with E-state index >= 15 is 0 Å². The molecule has 0 aliphatic carbocycles. The average molecular weight is 213 g/mol. The van der Waals surface area contributed by atoms with E-state index < -0.39 is 0 Å². The quantitative estimate of drug-likeness (QED) is 0.832. The van der Waals surface area contributed by atoms with Gasteiger partial charge in [-0.05, 0) is 19.1 Å². The zero-order valence-electron chi connectivity index (χ0n) is 9.11. The van der Waals surface area contributed by atoms with E-state index in [1.54, 1.807) is 7.11 Å². The van der Waals surface area contributed by atoms with Crippen LogP contribution in [0.25, 0.3) is 11.3 Å². The zero-order chi connectivity index (χ0) is 11.5. The highest BCUT2D eigenvalue weighted by Crippen LogP contribution is 2.24. The summed E-state index contributed by atoms with van der Waals surface area (Å²) in [5, 5.41) is 8.96. The van der Waals surface area contributed by atoms with Crippen LogP contribution in [-0.2, 0) is 0 Å². The maximum atomic E-state index is 8.96. The van der Waals surface area contributed by atoms with Crippen molar-refractivity contribution >= 4 is 0 Å². The molecule has 80 valence electrons. The Balaban J connectivity index is 2.54. The molecular weight excluding hydrogens is 202 g/mol. The van der Waals surface area contributed by atoms with E-state index in [0.717, 1.165) is 22.8 Å². The van der Waals surface area contributed by atoms with Crippen LogP contribution in [0.3, 0.4) is 0 Å². The van der Waals surface area contributed by atoms with E-state index in [1.165, 1.54) is 0 Å². The molecule has 0 aliphatic heterocycles. The molecule has 0 spiro atoms. The van der Waals surface area contributed by atoms with Gasteiger partial charge in [-0.1, -0.05) is 12.1 Å². The Morgan fingerprint density at radius 1 is 1.44 bits per heavy atom. The van der Waals surface area contributed by atoms with Gasteiger partial charge in [-0.25, -0.2) is 4.98 Å². The second-order valence-electron chi connectivity index (χ2n) is 3.39. The van der Waals surface area contributed by atoms with E-state index in [2.05, 4.69) is 16.0 Å². The number of aromatic nitrogens is 2. The van der Waals surface area contributed by atoms with Crippen LogP contribution in [0.2, 0.25) is 0 Å². The molecular formula is C12H11N3O. The van der Waals surface area contributed by atoms with Crippen molar-refractivity contribution in [2.45, 2.75) is 6.92 Å². The Kier molecular flexibility index (Phi) is 2.61. The Hall–Kier alpha value is -2.28. The minimum Gasteiger partial charge on any atom is -0.497 e. The monoisotopic (exact) mass is 213 g/mol. The fourth-order valence-electron chi connectivity index (χ4n) is 1.56. The third-order valence-corrected chi connectivity index (χ3v) is 2.29. The third-order valence-electron chi connectivity index (χ3n) is 2.29. The predicted molar refractivity (Wildman–Crippen MR) is 60.0 cm³/mol. The largest absolute Gasteiger partial charge is 0.497 e. The Labute approximate surface area is 93.5 Å². The maximum Gasteiger partial charge on any atom is 0.166 e. The summed E-state index contributed by atoms with van der Waals surface area (Å²) in [7, 11) is 1.61. The smallest absolute Gasteiger partial charge is 0.166 e. The van der Waals surface area contributed by atoms with E-state index in [9.17, 15) is 0 Å².